The van der Waals surface area contributed by atoms with Gasteiger partial charge in [0.2, 0.25) is 0 Å². The Morgan fingerprint density at radius 3 is 2.64 bits per heavy atom. The highest BCUT2D eigenvalue weighted by atomic mass is 19.2. The molecule has 0 aliphatic rings. The highest BCUT2D eigenvalue weighted by molar-refractivity contribution is 5.59. The molecule has 0 radical (unpaired) electrons. The Hall–Kier alpha value is -1.71. The van der Waals surface area contributed by atoms with E-state index < -0.39 is 11.6 Å². The molecule has 0 fully saturated rings. The molecule has 0 aromatic heterocycles. The Bertz CT molecular complexity index is 375. The molecule has 0 unspecified atom stereocenters. The van der Waals surface area contributed by atoms with Crippen LogP contribution in [0, 0.1) is 11.6 Å². The molecule has 0 amide bonds. The maximum atomic E-state index is 13.1. The number of halogens is 2. The molecule has 4 heteroatoms. The van der Waals surface area contributed by atoms with Gasteiger partial charge in [-0.2, -0.15) is 0 Å². The van der Waals surface area contributed by atoms with Crippen LogP contribution < -0.4 is 5.73 Å². The summed E-state index contributed by atoms with van der Waals surface area (Å²) in [6.45, 7) is 0. The Morgan fingerprint density at radius 1 is 1.29 bits per heavy atom. The topological polar surface area (TPSA) is 43.1 Å². The number of benzene rings is 1. The van der Waals surface area contributed by atoms with E-state index in [2.05, 4.69) is 0 Å². The molecule has 0 saturated carbocycles. The smallest absolute Gasteiger partial charge is 0.182 e. The standard InChI is InChI=1S/C10H9F2NO/c11-9-7(3-1-2-6-14)4-5-8(13)10(9)12/h1,3-6H,2,13H2. The molecule has 74 valence electrons. The molecule has 14 heavy (non-hydrogen) atoms. The molecular weight excluding hydrogens is 188 g/mol. The minimum atomic E-state index is -1.06. The van der Waals surface area contributed by atoms with Crippen LogP contribution in [-0.2, 0) is 4.79 Å². The zero-order valence-corrected chi connectivity index (χ0v) is 7.34. The SMILES string of the molecule is Nc1ccc(C=CCC=O)c(F)c1F. The van der Waals surface area contributed by atoms with Crippen molar-refractivity contribution in [1.29, 1.82) is 0 Å². The maximum Gasteiger partial charge on any atom is 0.182 e. The first-order valence-corrected chi connectivity index (χ1v) is 4.00. The zero-order chi connectivity index (χ0) is 10.6. The number of anilines is 1. The Morgan fingerprint density at radius 2 is 2.00 bits per heavy atom. The lowest BCUT2D eigenvalue weighted by Gasteiger charge is -2.00. The van der Waals surface area contributed by atoms with Crippen molar-refractivity contribution in [3.8, 4) is 0 Å². The molecule has 2 N–H and O–H groups in total. The fourth-order valence-corrected chi connectivity index (χ4v) is 0.959. The Kier molecular flexibility index (Phi) is 3.34. The summed E-state index contributed by atoms with van der Waals surface area (Å²) in [5, 5.41) is 0. The van der Waals surface area contributed by atoms with E-state index in [4.69, 9.17) is 5.73 Å². The number of hydrogen-bond acceptors (Lipinski definition) is 2. The maximum absolute atomic E-state index is 13.1. The molecule has 1 rings (SSSR count). The molecule has 2 nitrogen and oxygen atoms in total. The molecule has 0 aliphatic heterocycles. The number of carbonyl (C=O) groups is 1. The Labute approximate surface area is 80.0 Å². The van der Waals surface area contributed by atoms with Gasteiger partial charge in [-0.15, -0.1) is 0 Å². The van der Waals surface area contributed by atoms with Crippen LogP contribution in [0.5, 0.6) is 0 Å². The molecular formula is C10H9F2NO. The lowest BCUT2D eigenvalue weighted by molar-refractivity contribution is -0.107. The van der Waals surface area contributed by atoms with E-state index in [-0.39, 0.29) is 17.7 Å². The third-order valence-corrected chi connectivity index (χ3v) is 1.67. The monoisotopic (exact) mass is 197 g/mol. The van der Waals surface area contributed by atoms with E-state index in [0.29, 0.717) is 6.29 Å². The van der Waals surface area contributed by atoms with Gasteiger partial charge in [-0.25, -0.2) is 8.78 Å². The molecule has 0 aliphatic carbocycles. The van der Waals surface area contributed by atoms with E-state index in [1.807, 2.05) is 0 Å². The predicted octanol–water partition coefficient (Wildman–Crippen LogP) is 2.15. The third kappa shape index (κ3) is 2.16. The van der Waals surface area contributed by atoms with E-state index in [1.165, 1.54) is 24.3 Å². The van der Waals surface area contributed by atoms with Crippen LogP contribution in [0.3, 0.4) is 0 Å². The number of nitrogen functional groups attached to an aromatic ring is 1. The number of hydrogen-bond donors (Lipinski definition) is 1. The summed E-state index contributed by atoms with van der Waals surface area (Å²) < 4.78 is 26.0. The van der Waals surface area contributed by atoms with Crippen molar-refractivity contribution in [2.75, 3.05) is 5.73 Å². The van der Waals surface area contributed by atoms with Gasteiger partial charge < -0.3 is 10.5 Å². The first-order valence-electron chi connectivity index (χ1n) is 4.00. The largest absolute Gasteiger partial charge is 0.396 e. The number of aldehydes is 1. The molecule has 0 heterocycles. The predicted molar refractivity (Wildman–Crippen MR) is 50.5 cm³/mol. The second-order valence-corrected chi connectivity index (χ2v) is 2.68. The average Bonchev–Trinajstić information content (AvgIpc) is 2.18. The molecule has 1 aromatic rings. The van der Waals surface area contributed by atoms with Crippen LogP contribution >= 0.6 is 0 Å². The highest BCUT2D eigenvalue weighted by Gasteiger charge is 2.08. The van der Waals surface area contributed by atoms with Gasteiger partial charge in [0.25, 0.3) is 0 Å². The summed E-state index contributed by atoms with van der Waals surface area (Å²) in [6.07, 6.45) is 3.63. The second kappa shape index (κ2) is 4.50. The van der Waals surface area contributed by atoms with Crippen molar-refractivity contribution in [2.45, 2.75) is 6.42 Å². The summed E-state index contributed by atoms with van der Waals surface area (Å²) in [7, 11) is 0. The van der Waals surface area contributed by atoms with Gasteiger partial charge in [-0.3, -0.25) is 0 Å². The molecule has 1 aromatic carbocycles. The minimum Gasteiger partial charge on any atom is -0.396 e. The van der Waals surface area contributed by atoms with Crippen LogP contribution in [0.15, 0.2) is 18.2 Å². The van der Waals surface area contributed by atoms with Crippen molar-refractivity contribution >= 4 is 18.0 Å². The summed E-state index contributed by atoms with van der Waals surface area (Å²) in [5.41, 5.74) is 5.00. The van der Waals surface area contributed by atoms with Gasteiger partial charge >= 0.3 is 0 Å². The fourth-order valence-electron chi connectivity index (χ4n) is 0.959. The van der Waals surface area contributed by atoms with Gasteiger partial charge in [-0.1, -0.05) is 12.2 Å². The zero-order valence-electron chi connectivity index (χ0n) is 7.34. The van der Waals surface area contributed by atoms with Crippen molar-refractivity contribution < 1.29 is 13.6 Å². The number of nitrogens with two attached hydrogens (primary N) is 1. The molecule has 0 bridgehead atoms. The van der Waals surface area contributed by atoms with Crippen LogP contribution in [0.1, 0.15) is 12.0 Å². The Balaban J connectivity index is 2.99. The first-order chi connectivity index (χ1) is 6.66. The summed E-state index contributed by atoms with van der Waals surface area (Å²) in [6, 6.07) is 2.63. The van der Waals surface area contributed by atoms with Crippen LogP contribution in [0.4, 0.5) is 14.5 Å². The normalized spacial score (nSPS) is 10.7. The van der Waals surface area contributed by atoms with Gasteiger partial charge in [-0.05, 0) is 12.1 Å². The number of carbonyl (C=O) groups excluding carboxylic acids is 1. The summed E-state index contributed by atoms with van der Waals surface area (Å²) in [4.78, 5) is 9.96. The van der Waals surface area contributed by atoms with Crippen molar-refractivity contribution in [2.24, 2.45) is 0 Å². The van der Waals surface area contributed by atoms with Gasteiger partial charge in [0.05, 0.1) is 5.69 Å². The van der Waals surface area contributed by atoms with E-state index >= 15 is 0 Å². The lowest BCUT2D eigenvalue weighted by Crippen LogP contribution is -1.96. The average molecular weight is 197 g/mol. The van der Waals surface area contributed by atoms with Gasteiger partial charge in [0.15, 0.2) is 11.6 Å². The van der Waals surface area contributed by atoms with Gasteiger partial charge in [0.1, 0.15) is 6.29 Å². The summed E-state index contributed by atoms with van der Waals surface area (Å²) in [5.74, 6) is -2.05. The molecule has 0 saturated heterocycles. The van der Waals surface area contributed by atoms with Crippen LogP contribution in [0.25, 0.3) is 6.08 Å². The number of allylic oxidation sites excluding steroid dienone is 1. The minimum absolute atomic E-state index is 0.0820. The van der Waals surface area contributed by atoms with E-state index in [1.54, 1.807) is 0 Å². The van der Waals surface area contributed by atoms with Crippen LogP contribution in [0.2, 0.25) is 0 Å². The van der Waals surface area contributed by atoms with Crippen molar-refractivity contribution in [3.05, 3.63) is 35.4 Å². The molecule has 0 atom stereocenters. The fraction of sp³-hybridized carbons (Fsp3) is 0.100. The summed E-state index contributed by atoms with van der Waals surface area (Å²) >= 11 is 0. The first kappa shape index (κ1) is 10.4. The van der Waals surface area contributed by atoms with Gasteiger partial charge in [0, 0.05) is 12.0 Å². The third-order valence-electron chi connectivity index (χ3n) is 1.67. The van der Waals surface area contributed by atoms with E-state index in [9.17, 15) is 13.6 Å². The van der Waals surface area contributed by atoms with E-state index in [0.717, 1.165) is 0 Å². The lowest BCUT2D eigenvalue weighted by atomic mass is 10.1. The van der Waals surface area contributed by atoms with Crippen LogP contribution in [-0.4, -0.2) is 6.29 Å². The van der Waals surface area contributed by atoms with Crippen molar-refractivity contribution in [1.82, 2.24) is 0 Å². The quantitative estimate of drug-likeness (QED) is 0.596. The molecule has 0 spiro atoms. The van der Waals surface area contributed by atoms with Crippen molar-refractivity contribution in [3.63, 3.8) is 0 Å². The second-order valence-electron chi connectivity index (χ2n) is 2.68. The highest BCUT2D eigenvalue weighted by Crippen LogP contribution is 2.18. The number of rotatable bonds is 3.